The first-order valence-electron chi connectivity index (χ1n) is 10.6. The van der Waals surface area contributed by atoms with Crippen molar-refractivity contribution in [3.63, 3.8) is 0 Å². The maximum Gasteiger partial charge on any atom is 0.182 e. The first kappa shape index (κ1) is 19.6. The molecule has 1 aliphatic rings. The number of pyridine rings is 1. The van der Waals surface area contributed by atoms with Crippen LogP contribution in [-0.4, -0.2) is 36.3 Å². The summed E-state index contributed by atoms with van der Waals surface area (Å²) < 4.78 is 2.12. The maximum atomic E-state index is 11.1. The summed E-state index contributed by atoms with van der Waals surface area (Å²) in [5.74, 6) is 1.64. The highest BCUT2D eigenvalue weighted by Gasteiger charge is 2.33. The van der Waals surface area contributed by atoms with Crippen molar-refractivity contribution in [1.82, 2.24) is 24.6 Å². The van der Waals surface area contributed by atoms with Crippen molar-refractivity contribution < 1.29 is 5.11 Å². The number of aliphatic hydroxyl groups excluding tert-OH is 1. The number of aliphatic hydroxyl groups is 1. The van der Waals surface area contributed by atoms with E-state index in [9.17, 15) is 5.11 Å². The lowest BCUT2D eigenvalue weighted by Crippen LogP contribution is -2.39. The van der Waals surface area contributed by atoms with E-state index >= 15 is 0 Å². The van der Waals surface area contributed by atoms with Gasteiger partial charge in [0.1, 0.15) is 11.9 Å². The molecule has 0 aliphatic carbocycles. The van der Waals surface area contributed by atoms with E-state index in [2.05, 4.69) is 55.8 Å². The van der Waals surface area contributed by atoms with Crippen molar-refractivity contribution in [2.24, 2.45) is 0 Å². The third kappa shape index (κ3) is 3.65. The van der Waals surface area contributed by atoms with E-state index in [1.807, 2.05) is 55.5 Å². The molecule has 31 heavy (non-hydrogen) atoms. The smallest absolute Gasteiger partial charge is 0.182 e. The summed E-state index contributed by atoms with van der Waals surface area (Å²) in [6.07, 6.45) is -0.703. The molecule has 156 valence electrons. The number of fused-ring (bicyclic) bond motifs is 1. The van der Waals surface area contributed by atoms with Gasteiger partial charge >= 0.3 is 0 Å². The van der Waals surface area contributed by atoms with E-state index in [1.54, 1.807) is 0 Å². The summed E-state index contributed by atoms with van der Waals surface area (Å²) in [4.78, 5) is 6.66. The molecule has 0 fully saturated rings. The first-order chi connectivity index (χ1) is 15.1. The molecule has 3 heterocycles. The molecule has 6 nitrogen and oxygen atoms in total. The Balaban J connectivity index is 1.38. The first-order valence-corrected chi connectivity index (χ1v) is 10.6. The van der Waals surface area contributed by atoms with Crippen LogP contribution in [0.5, 0.6) is 0 Å². The number of rotatable bonds is 4. The van der Waals surface area contributed by atoms with Gasteiger partial charge in [-0.15, -0.1) is 10.2 Å². The fraction of sp³-hybridized carbons (Fsp3) is 0.240. The van der Waals surface area contributed by atoms with Crippen molar-refractivity contribution in [2.75, 3.05) is 6.54 Å². The Morgan fingerprint density at radius 3 is 2.35 bits per heavy atom. The largest absolute Gasteiger partial charge is 0.374 e. The molecular weight excluding hydrogens is 386 g/mol. The summed E-state index contributed by atoms with van der Waals surface area (Å²) >= 11 is 0. The highest BCUT2D eigenvalue weighted by Crippen LogP contribution is 2.33. The second-order valence-corrected chi connectivity index (χ2v) is 7.97. The number of aromatic nitrogens is 4. The van der Waals surface area contributed by atoms with Crippen LogP contribution in [0.15, 0.2) is 72.8 Å². The van der Waals surface area contributed by atoms with Crippen molar-refractivity contribution in [3.8, 4) is 22.6 Å². The highest BCUT2D eigenvalue weighted by atomic mass is 16.3. The lowest BCUT2D eigenvalue weighted by atomic mass is 10.0. The Bertz CT molecular complexity index is 1190. The van der Waals surface area contributed by atoms with Crippen LogP contribution < -0.4 is 0 Å². The maximum absolute atomic E-state index is 11.1. The molecule has 0 radical (unpaired) electrons. The van der Waals surface area contributed by atoms with E-state index in [0.29, 0.717) is 13.1 Å². The standard InChI is InChI=1S/C25H25N5O/c1-17-7-6-10-22(26-17)24-28-27-23-18(2)29(15-16-30(23)24)25(31)21-13-11-20(12-14-21)19-8-4-3-5-9-19/h3-14,18,25,31H,15-16H2,1-2H3. The van der Waals surface area contributed by atoms with Crippen LogP contribution in [0.4, 0.5) is 0 Å². The van der Waals surface area contributed by atoms with E-state index in [4.69, 9.17) is 0 Å². The predicted molar refractivity (Wildman–Crippen MR) is 120 cm³/mol. The van der Waals surface area contributed by atoms with Crippen molar-refractivity contribution in [3.05, 3.63) is 89.9 Å². The summed E-state index contributed by atoms with van der Waals surface area (Å²) in [5, 5.41) is 20.0. The minimum absolute atomic E-state index is 0.0661. The third-order valence-corrected chi connectivity index (χ3v) is 5.98. The monoisotopic (exact) mass is 411 g/mol. The van der Waals surface area contributed by atoms with Gasteiger partial charge in [-0.3, -0.25) is 4.90 Å². The SMILES string of the molecule is Cc1cccc(-c2nnc3n2CCN(C(O)c2ccc(-c4ccccc4)cc2)C3C)n1. The van der Waals surface area contributed by atoms with Gasteiger partial charge in [-0.2, -0.15) is 0 Å². The van der Waals surface area contributed by atoms with Crippen molar-refractivity contribution >= 4 is 0 Å². The van der Waals surface area contributed by atoms with Gasteiger partial charge in [0.15, 0.2) is 11.6 Å². The lowest BCUT2D eigenvalue weighted by Gasteiger charge is -2.37. The van der Waals surface area contributed by atoms with Crippen LogP contribution in [0.1, 0.15) is 36.3 Å². The van der Waals surface area contributed by atoms with Gasteiger partial charge < -0.3 is 9.67 Å². The van der Waals surface area contributed by atoms with Gasteiger partial charge in [-0.1, -0.05) is 60.7 Å². The second-order valence-electron chi connectivity index (χ2n) is 7.97. The van der Waals surface area contributed by atoms with Crippen LogP contribution in [0.2, 0.25) is 0 Å². The van der Waals surface area contributed by atoms with Crippen molar-refractivity contribution in [2.45, 2.75) is 32.7 Å². The Kier molecular flexibility index (Phi) is 5.10. The molecule has 0 spiro atoms. The number of aryl methyl sites for hydroxylation is 1. The Morgan fingerprint density at radius 1 is 0.871 bits per heavy atom. The number of hydrogen-bond acceptors (Lipinski definition) is 5. The molecule has 2 aromatic carbocycles. The molecule has 2 aromatic heterocycles. The van der Waals surface area contributed by atoms with Crippen LogP contribution in [-0.2, 0) is 6.54 Å². The summed E-state index contributed by atoms with van der Waals surface area (Å²) in [6.45, 7) is 5.44. The zero-order chi connectivity index (χ0) is 21.4. The normalized spacial score (nSPS) is 17.3. The van der Waals surface area contributed by atoms with Crippen LogP contribution in [0.3, 0.4) is 0 Å². The summed E-state index contributed by atoms with van der Waals surface area (Å²) in [7, 11) is 0. The fourth-order valence-corrected chi connectivity index (χ4v) is 4.26. The molecule has 5 rings (SSSR count). The predicted octanol–water partition coefficient (Wildman–Crippen LogP) is 4.38. The van der Waals surface area contributed by atoms with E-state index < -0.39 is 6.23 Å². The van der Waals surface area contributed by atoms with E-state index in [-0.39, 0.29) is 6.04 Å². The molecule has 4 aromatic rings. The second kappa shape index (κ2) is 8.06. The van der Waals surface area contributed by atoms with Crippen molar-refractivity contribution in [1.29, 1.82) is 0 Å². The third-order valence-electron chi connectivity index (χ3n) is 5.98. The average molecular weight is 412 g/mol. The fourth-order valence-electron chi connectivity index (χ4n) is 4.26. The van der Waals surface area contributed by atoms with E-state index in [0.717, 1.165) is 34.2 Å². The minimum atomic E-state index is -0.703. The van der Waals surface area contributed by atoms with Crippen LogP contribution >= 0.6 is 0 Å². The molecular formula is C25H25N5O. The molecule has 2 atom stereocenters. The van der Waals surface area contributed by atoms with Crippen LogP contribution in [0, 0.1) is 6.92 Å². The van der Waals surface area contributed by atoms with Gasteiger partial charge in [0.05, 0.1) is 6.04 Å². The number of hydrogen-bond donors (Lipinski definition) is 1. The van der Waals surface area contributed by atoms with Gasteiger partial charge in [0.25, 0.3) is 0 Å². The van der Waals surface area contributed by atoms with E-state index in [1.165, 1.54) is 5.56 Å². The van der Waals surface area contributed by atoms with Crippen LogP contribution in [0.25, 0.3) is 22.6 Å². The molecule has 0 saturated carbocycles. The molecule has 6 heteroatoms. The Hall–Kier alpha value is -3.35. The minimum Gasteiger partial charge on any atom is -0.374 e. The number of nitrogens with zero attached hydrogens (tertiary/aromatic N) is 5. The average Bonchev–Trinajstić information content (AvgIpc) is 3.25. The van der Waals surface area contributed by atoms with Gasteiger partial charge in [0, 0.05) is 18.8 Å². The molecule has 2 unspecified atom stereocenters. The molecule has 1 aliphatic heterocycles. The number of benzene rings is 2. The Labute approximate surface area is 181 Å². The Morgan fingerprint density at radius 2 is 1.61 bits per heavy atom. The summed E-state index contributed by atoms with van der Waals surface area (Å²) in [5.41, 5.74) is 4.96. The zero-order valence-electron chi connectivity index (χ0n) is 17.7. The molecule has 1 N–H and O–H groups in total. The highest BCUT2D eigenvalue weighted by molar-refractivity contribution is 5.63. The zero-order valence-corrected chi connectivity index (χ0v) is 17.7. The topological polar surface area (TPSA) is 67.1 Å². The molecule has 0 amide bonds. The lowest BCUT2D eigenvalue weighted by molar-refractivity contribution is -0.0380. The van der Waals surface area contributed by atoms with Gasteiger partial charge in [-0.25, -0.2) is 4.98 Å². The van der Waals surface area contributed by atoms with Gasteiger partial charge in [0.2, 0.25) is 0 Å². The van der Waals surface area contributed by atoms with Gasteiger partial charge in [-0.05, 0) is 42.7 Å². The quantitative estimate of drug-likeness (QED) is 0.540. The molecule has 0 bridgehead atoms. The summed E-state index contributed by atoms with van der Waals surface area (Å²) in [6, 6.07) is 24.2. The molecule has 0 saturated heterocycles.